The first-order chi connectivity index (χ1) is 10.3. The zero-order valence-electron chi connectivity index (χ0n) is 12.8. The zero-order valence-corrected chi connectivity index (χ0v) is 13.6. The second-order valence-electron chi connectivity index (χ2n) is 5.44. The Morgan fingerprint density at radius 1 is 0.955 bits per heavy atom. The van der Waals surface area contributed by atoms with E-state index in [4.69, 9.17) is 0 Å². The molecule has 2 rings (SSSR count). The molecule has 0 saturated heterocycles. The quantitative estimate of drug-likeness (QED) is 0.939. The van der Waals surface area contributed by atoms with E-state index in [-0.39, 0.29) is 10.8 Å². The van der Waals surface area contributed by atoms with E-state index >= 15 is 0 Å². The molecular formula is C17H19NO3S. The molecule has 0 aromatic heterocycles. The molecular weight excluding hydrogens is 298 g/mol. The summed E-state index contributed by atoms with van der Waals surface area (Å²) in [6.07, 6.45) is 0. The van der Waals surface area contributed by atoms with Crippen LogP contribution in [-0.4, -0.2) is 19.6 Å². The van der Waals surface area contributed by atoms with Crippen molar-refractivity contribution in [1.82, 2.24) is 0 Å². The van der Waals surface area contributed by atoms with Crippen molar-refractivity contribution in [2.24, 2.45) is 0 Å². The number of hydrogen-bond donors (Lipinski definition) is 1. The smallest absolute Gasteiger partial charge is 0.255 e. The van der Waals surface area contributed by atoms with Gasteiger partial charge in [0, 0.05) is 11.3 Å². The molecule has 1 N–H and O–H groups in total. The van der Waals surface area contributed by atoms with Gasteiger partial charge in [-0.1, -0.05) is 17.7 Å². The minimum Gasteiger partial charge on any atom is -0.322 e. The van der Waals surface area contributed by atoms with E-state index < -0.39 is 15.1 Å². The molecule has 0 spiro atoms. The van der Waals surface area contributed by atoms with Crippen LogP contribution in [0.5, 0.6) is 0 Å². The highest BCUT2D eigenvalue weighted by atomic mass is 32.2. The number of amides is 1. The fourth-order valence-electron chi connectivity index (χ4n) is 1.91. The average molecular weight is 317 g/mol. The van der Waals surface area contributed by atoms with Crippen LogP contribution < -0.4 is 5.32 Å². The Kier molecular flexibility index (Phi) is 4.66. The van der Waals surface area contributed by atoms with Gasteiger partial charge in [0.1, 0.15) is 0 Å². The molecule has 4 nitrogen and oxygen atoms in total. The minimum absolute atomic E-state index is 0.223. The molecule has 0 saturated carbocycles. The number of benzene rings is 2. The second-order valence-corrected chi connectivity index (χ2v) is 7.94. The summed E-state index contributed by atoms with van der Waals surface area (Å²) >= 11 is 0. The standard InChI is InChI=1S/C17H19NO3S/c1-12(2)22(20,21)16-10-8-15(9-11-16)18-17(19)14-6-4-13(3)5-7-14/h4-12H,1-3H3,(H,18,19). The first-order valence-electron chi connectivity index (χ1n) is 7.02. The highest BCUT2D eigenvalue weighted by molar-refractivity contribution is 7.92. The maximum atomic E-state index is 12.1. The summed E-state index contributed by atoms with van der Waals surface area (Å²) in [5.41, 5.74) is 2.21. The molecule has 0 bridgehead atoms. The molecule has 2 aromatic carbocycles. The van der Waals surface area contributed by atoms with Crippen molar-refractivity contribution >= 4 is 21.4 Å². The number of aryl methyl sites for hydroxylation is 1. The predicted molar refractivity (Wildman–Crippen MR) is 87.9 cm³/mol. The van der Waals surface area contributed by atoms with Crippen molar-refractivity contribution in [2.45, 2.75) is 30.9 Å². The monoisotopic (exact) mass is 317 g/mol. The van der Waals surface area contributed by atoms with Crippen molar-refractivity contribution in [1.29, 1.82) is 0 Å². The van der Waals surface area contributed by atoms with Gasteiger partial charge in [0.25, 0.3) is 5.91 Å². The molecule has 5 heteroatoms. The first-order valence-corrected chi connectivity index (χ1v) is 8.57. The lowest BCUT2D eigenvalue weighted by molar-refractivity contribution is 0.102. The van der Waals surface area contributed by atoms with Crippen LogP contribution in [0.3, 0.4) is 0 Å². The largest absolute Gasteiger partial charge is 0.322 e. The average Bonchev–Trinajstić information content (AvgIpc) is 2.48. The Labute approximate surface area is 131 Å². The van der Waals surface area contributed by atoms with Gasteiger partial charge in [0.05, 0.1) is 10.1 Å². The van der Waals surface area contributed by atoms with Gasteiger partial charge in [0.15, 0.2) is 9.84 Å². The van der Waals surface area contributed by atoms with Crippen molar-refractivity contribution in [3.05, 3.63) is 59.7 Å². The van der Waals surface area contributed by atoms with E-state index in [2.05, 4.69) is 5.32 Å². The number of carbonyl (C=O) groups excluding carboxylic acids is 1. The Morgan fingerprint density at radius 2 is 1.50 bits per heavy atom. The molecule has 0 radical (unpaired) electrons. The summed E-state index contributed by atoms with van der Waals surface area (Å²) in [4.78, 5) is 12.3. The Morgan fingerprint density at radius 3 is 2.00 bits per heavy atom. The number of carbonyl (C=O) groups is 1. The normalized spacial score (nSPS) is 11.5. The zero-order chi connectivity index (χ0) is 16.3. The maximum absolute atomic E-state index is 12.1. The van der Waals surface area contributed by atoms with Gasteiger partial charge >= 0.3 is 0 Å². The first kappa shape index (κ1) is 16.2. The Balaban J connectivity index is 2.15. The van der Waals surface area contributed by atoms with Crippen LogP contribution in [0.25, 0.3) is 0 Å². The van der Waals surface area contributed by atoms with E-state index in [9.17, 15) is 13.2 Å². The lowest BCUT2D eigenvalue weighted by atomic mass is 10.1. The molecule has 116 valence electrons. The lowest BCUT2D eigenvalue weighted by Crippen LogP contribution is -2.14. The van der Waals surface area contributed by atoms with Crippen LogP contribution in [0.15, 0.2) is 53.4 Å². The molecule has 0 aliphatic heterocycles. The van der Waals surface area contributed by atoms with Crippen LogP contribution in [0.4, 0.5) is 5.69 Å². The van der Waals surface area contributed by atoms with Gasteiger partial charge in [-0.05, 0) is 57.2 Å². The molecule has 0 atom stereocenters. The summed E-state index contributed by atoms with van der Waals surface area (Å²) in [7, 11) is -3.29. The van der Waals surface area contributed by atoms with Crippen molar-refractivity contribution in [2.75, 3.05) is 5.32 Å². The Hall–Kier alpha value is -2.14. The van der Waals surface area contributed by atoms with Crippen LogP contribution in [0.1, 0.15) is 29.8 Å². The molecule has 0 heterocycles. The Bertz CT molecular complexity index is 761. The molecule has 0 unspecified atom stereocenters. The van der Waals surface area contributed by atoms with Crippen molar-refractivity contribution in [3.63, 3.8) is 0 Å². The predicted octanol–water partition coefficient (Wildman–Crippen LogP) is 3.43. The molecule has 2 aromatic rings. The highest BCUT2D eigenvalue weighted by Gasteiger charge is 2.18. The van der Waals surface area contributed by atoms with Crippen LogP contribution in [0, 0.1) is 6.92 Å². The van der Waals surface area contributed by atoms with E-state index in [1.807, 2.05) is 19.1 Å². The second kappa shape index (κ2) is 6.32. The van der Waals surface area contributed by atoms with E-state index in [0.29, 0.717) is 11.3 Å². The van der Waals surface area contributed by atoms with Gasteiger partial charge in [-0.3, -0.25) is 4.79 Å². The van der Waals surface area contributed by atoms with Gasteiger partial charge in [-0.2, -0.15) is 0 Å². The van der Waals surface area contributed by atoms with Gasteiger partial charge in [0.2, 0.25) is 0 Å². The van der Waals surface area contributed by atoms with Crippen LogP contribution in [-0.2, 0) is 9.84 Å². The number of nitrogens with one attached hydrogen (secondary N) is 1. The highest BCUT2D eigenvalue weighted by Crippen LogP contribution is 2.19. The van der Waals surface area contributed by atoms with Gasteiger partial charge in [-0.25, -0.2) is 8.42 Å². The van der Waals surface area contributed by atoms with E-state index in [1.54, 1.807) is 38.1 Å². The fourth-order valence-corrected chi connectivity index (χ4v) is 2.97. The SMILES string of the molecule is Cc1ccc(C(=O)Nc2ccc(S(=O)(=O)C(C)C)cc2)cc1. The fraction of sp³-hybridized carbons (Fsp3) is 0.235. The third-order valence-electron chi connectivity index (χ3n) is 3.38. The number of anilines is 1. The minimum atomic E-state index is -3.29. The summed E-state index contributed by atoms with van der Waals surface area (Å²) in [5.74, 6) is -0.223. The maximum Gasteiger partial charge on any atom is 0.255 e. The summed E-state index contributed by atoms with van der Waals surface area (Å²) in [6.45, 7) is 5.24. The topological polar surface area (TPSA) is 63.2 Å². The number of sulfone groups is 1. The van der Waals surface area contributed by atoms with Crippen molar-refractivity contribution in [3.8, 4) is 0 Å². The van der Waals surface area contributed by atoms with Crippen LogP contribution >= 0.6 is 0 Å². The molecule has 0 aliphatic rings. The van der Waals surface area contributed by atoms with Crippen LogP contribution in [0.2, 0.25) is 0 Å². The third-order valence-corrected chi connectivity index (χ3v) is 5.55. The molecule has 22 heavy (non-hydrogen) atoms. The number of rotatable bonds is 4. The lowest BCUT2D eigenvalue weighted by Gasteiger charge is -2.09. The van der Waals surface area contributed by atoms with Gasteiger partial charge < -0.3 is 5.32 Å². The molecule has 0 aliphatic carbocycles. The van der Waals surface area contributed by atoms with Gasteiger partial charge in [-0.15, -0.1) is 0 Å². The molecule has 0 fully saturated rings. The summed E-state index contributed by atoms with van der Waals surface area (Å²) in [6, 6.07) is 13.5. The third kappa shape index (κ3) is 3.54. The van der Waals surface area contributed by atoms with E-state index in [0.717, 1.165) is 5.56 Å². The van der Waals surface area contributed by atoms with Crippen molar-refractivity contribution < 1.29 is 13.2 Å². The summed E-state index contributed by atoms with van der Waals surface area (Å²) < 4.78 is 24.1. The summed E-state index contributed by atoms with van der Waals surface area (Å²) in [5, 5.41) is 2.28. The molecule has 1 amide bonds. The van der Waals surface area contributed by atoms with E-state index in [1.165, 1.54) is 12.1 Å². The number of hydrogen-bond acceptors (Lipinski definition) is 3.